The van der Waals surface area contributed by atoms with Gasteiger partial charge in [0.15, 0.2) is 0 Å². The summed E-state index contributed by atoms with van der Waals surface area (Å²) in [5, 5.41) is 3.39. The van der Waals surface area contributed by atoms with Crippen molar-refractivity contribution in [2.45, 2.75) is 23.6 Å². The first-order chi connectivity index (χ1) is 12.4. The predicted molar refractivity (Wildman–Crippen MR) is 107 cm³/mol. The molecule has 1 amide bonds. The molecule has 0 bridgehead atoms. The maximum absolute atomic E-state index is 12.4. The molecule has 0 saturated heterocycles. The van der Waals surface area contributed by atoms with Gasteiger partial charge in [0, 0.05) is 28.7 Å². The molecule has 0 aliphatic heterocycles. The van der Waals surface area contributed by atoms with Crippen LogP contribution in [0.4, 0.5) is 5.69 Å². The molecular formula is C18H21ClN2O3S2. The topological polar surface area (TPSA) is 66.5 Å². The zero-order valence-electron chi connectivity index (χ0n) is 14.6. The molecule has 0 saturated carbocycles. The van der Waals surface area contributed by atoms with Crippen LogP contribution in [0.25, 0.3) is 0 Å². The van der Waals surface area contributed by atoms with Gasteiger partial charge in [0.05, 0.1) is 10.6 Å². The van der Waals surface area contributed by atoms with Gasteiger partial charge in [0.1, 0.15) is 0 Å². The summed E-state index contributed by atoms with van der Waals surface area (Å²) in [4.78, 5) is 13.2. The summed E-state index contributed by atoms with van der Waals surface area (Å²) in [6.07, 6.45) is 0. The third-order valence-corrected chi connectivity index (χ3v) is 6.94. The summed E-state index contributed by atoms with van der Waals surface area (Å²) in [6.45, 7) is 4.43. The van der Waals surface area contributed by atoms with E-state index in [9.17, 15) is 13.2 Å². The lowest BCUT2D eigenvalue weighted by Crippen LogP contribution is -2.30. The Bertz CT molecular complexity index is 851. The fraction of sp³-hybridized carbons (Fsp3) is 0.278. The van der Waals surface area contributed by atoms with Crippen LogP contribution in [0.15, 0.2) is 58.3 Å². The molecule has 8 heteroatoms. The lowest BCUT2D eigenvalue weighted by atomic mass is 10.3. The summed E-state index contributed by atoms with van der Waals surface area (Å²) in [7, 11) is -3.49. The van der Waals surface area contributed by atoms with Gasteiger partial charge >= 0.3 is 0 Å². The summed E-state index contributed by atoms with van der Waals surface area (Å²) >= 11 is 7.30. The van der Waals surface area contributed by atoms with Gasteiger partial charge in [0.2, 0.25) is 15.9 Å². The van der Waals surface area contributed by atoms with E-state index in [1.54, 1.807) is 38.1 Å². The molecule has 0 spiro atoms. The molecule has 2 rings (SSSR count). The molecule has 0 aromatic heterocycles. The molecule has 2 aromatic carbocycles. The lowest BCUT2D eigenvalue weighted by molar-refractivity contribution is -0.113. The molecular weight excluding hydrogens is 392 g/mol. The smallest absolute Gasteiger partial charge is 0.243 e. The summed E-state index contributed by atoms with van der Waals surface area (Å²) < 4.78 is 26.3. The number of carbonyl (C=O) groups excluding carboxylic acids is 1. The Hall–Kier alpha value is -1.54. The Morgan fingerprint density at radius 2 is 1.77 bits per heavy atom. The number of amides is 1. The number of rotatable bonds is 8. The molecule has 1 N–H and O–H groups in total. The molecule has 5 nitrogen and oxygen atoms in total. The summed E-state index contributed by atoms with van der Waals surface area (Å²) in [5.41, 5.74) is 0.556. The van der Waals surface area contributed by atoms with E-state index in [4.69, 9.17) is 11.6 Å². The second kappa shape index (κ2) is 9.41. The van der Waals surface area contributed by atoms with Crippen molar-refractivity contribution in [1.29, 1.82) is 0 Å². The molecule has 0 aliphatic rings. The Kier molecular flexibility index (Phi) is 7.52. The number of carbonyl (C=O) groups is 1. The number of nitrogens with zero attached hydrogens (tertiary/aromatic N) is 1. The van der Waals surface area contributed by atoms with E-state index < -0.39 is 10.0 Å². The molecule has 0 aliphatic carbocycles. The third kappa shape index (κ3) is 5.48. The van der Waals surface area contributed by atoms with Crippen molar-refractivity contribution in [3.63, 3.8) is 0 Å². The second-order valence-corrected chi connectivity index (χ2v) is 8.83. The van der Waals surface area contributed by atoms with E-state index in [1.807, 2.05) is 12.1 Å². The highest BCUT2D eigenvalue weighted by atomic mass is 35.5. The first-order valence-electron chi connectivity index (χ1n) is 8.15. The van der Waals surface area contributed by atoms with Crippen LogP contribution in [-0.2, 0) is 14.8 Å². The number of anilines is 1. The van der Waals surface area contributed by atoms with E-state index in [0.717, 1.165) is 4.90 Å². The normalized spacial score (nSPS) is 11.5. The maximum Gasteiger partial charge on any atom is 0.243 e. The number of nitrogens with one attached hydrogen (secondary N) is 1. The van der Waals surface area contributed by atoms with Crippen LogP contribution in [0.1, 0.15) is 13.8 Å². The summed E-state index contributed by atoms with van der Waals surface area (Å²) in [6, 6.07) is 13.5. The predicted octanol–water partition coefficient (Wildman–Crippen LogP) is 4.10. The van der Waals surface area contributed by atoms with Crippen LogP contribution >= 0.6 is 23.4 Å². The average molecular weight is 413 g/mol. The Labute approximate surface area is 163 Å². The van der Waals surface area contributed by atoms with Crippen molar-refractivity contribution in [2.75, 3.05) is 24.2 Å². The SMILES string of the molecule is CCN(CC)S(=O)(=O)c1ccc(NC(=O)CSc2cccc(Cl)c2)cc1. The van der Waals surface area contributed by atoms with E-state index in [0.29, 0.717) is 23.8 Å². The van der Waals surface area contributed by atoms with E-state index in [1.165, 1.54) is 28.2 Å². The van der Waals surface area contributed by atoms with Crippen molar-refractivity contribution >= 4 is 45.0 Å². The molecule has 0 fully saturated rings. The van der Waals surface area contributed by atoms with Gasteiger partial charge in [-0.25, -0.2) is 8.42 Å². The van der Waals surface area contributed by atoms with Gasteiger partial charge in [-0.05, 0) is 42.5 Å². The van der Waals surface area contributed by atoms with Crippen molar-refractivity contribution in [2.24, 2.45) is 0 Å². The largest absolute Gasteiger partial charge is 0.325 e. The maximum atomic E-state index is 12.4. The zero-order valence-corrected chi connectivity index (χ0v) is 17.0. The number of hydrogen-bond acceptors (Lipinski definition) is 4. The lowest BCUT2D eigenvalue weighted by Gasteiger charge is -2.18. The first-order valence-corrected chi connectivity index (χ1v) is 11.0. The number of halogens is 1. The van der Waals surface area contributed by atoms with Crippen LogP contribution in [-0.4, -0.2) is 37.5 Å². The minimum atomic E-state index is -3.49. The molecule has 0 heterocycles. The fourth-order valence-corrected chi connectivity index (χ4v) is 4.79. The van der Waals surface area contributed by atoms with E-state index in [-0.39, 0.29) is 16.6 Å². The number of hydrogen-bond donors (Lipinski definition) is 1. The van der Waals surface area contributed by atoms with Gasteiger partial charge in [-0.3, -0.25) is 4.79 Å². The van der Waals surface area contributed by atoms with Crippen molar-refractivity contribution in [1.82, 2.24) is 4.31 Å². The highest BCUT2D eigenvalue weighted by molar-refractivity contribution is 8.00. The molecule has 26 heavy (non-hydrogen) atoms. The van der Waals surface area contributed by atoms with Gasteiger partial charge in [-0.2, -0.15) is 4.31 Å². The Morgan fingerprint density at radius 1 is 1.12 bits per heavy atom. The van der Waals surface area contributed by atoms with Crippen molar-refractivity contribution in [3.8, 4) is 0 Å². The Balaban J connectivity index is 1.97. The number of benzene rings is 2. The highest BCUT2D eigenvalue weighted by Gasteiger charge is 2.21. The van der Waals surface area contributed by atoms with Gasteiger partial charge in [0.25, 0.3) is 0 Å². The van der Waals surface area contributed by atoms with Crippen molar-refractivity contribution in [3.05, 3.63) is 53.6 Å². The quantitative estimate of drug-likeness (QED) is 0.663. The monoisotopic (exact) mass is 412 g/mol. The standard InChI is InChI=1S/C18H21ClN2O3S2/c1-3-21(4-2)26(23,24)17-10-8-15(9-11-17)20-18(22)13-25-16-7-5-6-14(19)12-16/h5-12H,3-4,13H2,1-2H3,(H,20,22). The molecule has 0 unspecified atom stereocenters. The molecule has 0 atom stereocenters. The van der Waals surface area contributed by atoms with Gasteiger partial charge in [-0.1, -0.05) is 31.5 Å². The summed E-state index contributed by atoms with van der Waals surface area (Å²) in [5.74, 6) is 0.0640. The van der Waals surface area contributed by atoms with E-state index in [2.05, 4.69) is 5.32 Å². The van der Waals surface area contributed by atoms with Gasteiger partial charge in [-0.15, -0.1) is 11.8 Å². The van der Waals surface area contributed by atoms with Crippen LogP contribution in [0.3, 0.4) is 0 Å². The van der Waals surface area contributed by atoms with Crippen LogP contribution in [0.2, 0.25) is 5.02 Å². The minimum absolute atomic E-state index is 0.172. The van der Waals surface area contributed by atoms with E-state index >= 15 is 0 Å². The zero-order chi connectivity index (χ0) is 19.2. The van der Waals surface area contributed by atoms with Crippen LogP contribution in [0, 0.1) is 0 Å². The first kappa shape index (κ1) is 20.8. The van der Waals surface area contributed by atoms with Crippen LogP contribution < -0.4 is 5.32 Å². The average Bonchev–Trinajstić information content (AvgIpc) is 2.61. The molecule has 2 aromatic rings. The van der Waals surface area contributed by atoms with Crippen molar-refractivity contribution < 1.29 is 13.2 Å². The fourth-order valence-electron chi connectivity index (χ4n) is 2.33. The second-order valence-electron chi connectivity index (χ2n) is 5.41. The minimum Gasteiger partial charge on any atom is -0.325 e. The van der Waals surface area contributed by atoms with Crippen LogP contribution in [0.5, 0.6) is 0 Å². The number of thioether (sulfide) groups is 1. The highest BCUT2D eigenvalue weighted by Crippen LogP contribution is 2.22. The van der Waals surface area contributed by atoms with Gasteiger partial charge < -0.3 is 5.32 Å². The Morgan fingerprint density at radius 3 is 2.35 bits per heavy atom. The molecule has 0 radical (unpaired) electrons. The third-order valence-electron chi connectivity index (χ3n) is 3.65. The molecule has 140 valence electrons. The number of sulfonamides is 1.